The van der Waals surface area contributed by atoms with Gasteiger partial charge in [0.1, 0.15) is 19.0 Å². The summed E-state index contributed by atoms with van der Waals surface area (Å²) in [5.74, 6) is -1.10. The lowest BCUT2D eigenvalue weighted by Gasteiger charge is -2.10. The van der Waals surface area contributed by atoms with Gasteiger partial charge in [0.05, 0.1) is 33.0 Å². The van der Waals surface area contributed by atoms with Gasteiger partial charge < -0.3 is 33.9 Å². The zero-order valence-electron chi connectivity index (χ0n) is 15.3. The van der Waals surface area contributed by atoms with Gasteiger partial charge in [-0.05, 0) is 13.0 Å². The second-order valence-corrected chi connectivity index (χ2v) is 5.87. The van der Waals surface area contributed by atoms with Gasteiger partial charge >= 0.3 is 5.97 Å². The lowest BCUT2D eigenvalue weighted by Crippen LogP contribution is -2.34. The SMILES string of the molecule is COCCOCCOCCOc1ccc(O)c(C2=NC(C)(C(=O)O)CO2)n1. The van der Waals surface area contributed by atoms with Gasteiger partial charge in [-0.1, -0.05) is 0 Å². The number of aliphatic carboxylic acids is 1. The van der Waals surface area contributed by atoms with E-state index in [1.165, 1.54) is 19.1 Å². The Morgan fingerprint density at radius 1 is 1.19 bits per heavy atom. The number of carbonyl (C=O) groups is 1. The lowest BCUT2D eigenvalue weighted by molar-refractivity contribution is -0.142. The third kappa shape index (κ3) is 6.05. The van der Waals surface area contributed by atoms with E-state index >= 15 is 0 Å². The number of rotatable bonds is 12. The van der Waals surface area contributed by atoms with Crippen LogP contribution in [0.3, 0.4) is 0 Å². The summed E-state index contributed by atoms with van der Waals surface area (Å²) in [4.78, 5) is 19.4. The van der Waals surface area contributed by atoms with Crippen LogP contribution in [0.5, 0.6) is 11.6 Å². The first kappa shape index (κ1) is 20.9. The van der Waals surface area contributed by atoms with Crippen LogP contribution in [0.2, 0.25) is 0 Å². The average Bonchev–Trinajstić information content (AvgIpc) is 3.05. The van der Waals surface area contributed by atoms with Crippen LogP contribution >= 0.6 is 0 Å². The van der Waals surface area contributed by atoms with E-state index in [2.05, 4.69) is 9.98 Å². The fraction of sp³-hybridized carbons (Fsp3) is 0.588. The van der Waals surface area contributed by atoms with Gasteiger partial charge in [-0.3, -0.25) is 0 Å². The number of ether oxygens (including phenoxy) is 5. The molecule has 0 saturated heterocycles. The van der Waals surface area contributed by atoms with Gasteiger partial charge in [-0.15, -0.1) is 0 Å². The Bertz CT molecular complexity index is 666. The molecule has 0 radical (unpaired) electrons. The largest absolute Gasteiger partial charge is 0.505 e. The van der Waals surface area contributed by atoms with Crippen LogP contribution in [0.1, 0.15) is 12.6 Å². The van der Waals surface area contributed by atoms with Crippen LogP contribution in [0.25, 0.3) is 0 Å². The first-order valence-corrected chi connectivity index (χ1v) is 8.40. The van der Waals surface area contributed by atoms with Crippen molar-refractivity contribution < 1.29 is 38.7 Å². The summed E-state index contributed by atoms with van der Waals surface area (Å²) < 4.78 is 26.2. The number of methoxy groups -OCH3 is 1. The van der Waals surface area contributed by atoms with Crippen molar-refractivity contribution in [3.8, 4) is 11.6 Å². The fourth-order valence-electron chi connectivity index (χ4n) is 2.07. The maximum atomic E-state index is 11.2. The van der Waals surface area contributed by atoms with E-state index in [0.29, 0.717) is 33.0 Å². The topological polar surface area (TPSA) is 129 Å². The number of carboxylic acid groups (broad SMARTS) is 1. The Balaban J connectivity index is 1.81. The predicted molar refractivity (Wildman–Crippen MR) is 93.4 cm³/mol. The van der Waals surface area contributed by atoms with E-state index < -0.39 is 11.5 Å². The molecule has 10 nitrogen and oxygen atoms in total. The molecule has 1 aromatic heterocycles. The van der Waals surface area contributed by atoms with E-state index in [-0.39, 0.29) is 36.4 Å². The number of aromatic hydroxyl groups is 1. The molecule has 2 rings (SSSR count). The number of hydrogen-bond donors (Lipinski definition) is 2. The van der Waals surface area contributed by atoms with E-state index in [1.807, 2.05) is 0 Å². The van der Waals surface area contributed by atoms with Crippen LogP contribution in [-0.2, 0) is 23.7 Å². The molecule has 0 aliphatic carbocycles. The molecular formula is C17H24N2O8. The molecule has 1 aliphatic rings. The third-order valence-corrected chi connectivity index (χ3v) is 3.63. The Labute approximate surface area is 156 Å². The number of nitrogens with zero attached hydrogens (tertiary/aromatic N) is 2. The second-order valence-electron chi connectivity index (χ2n) is 5.87. The van der Waals surface area contributed by atoms with Gasteiger partial charge in [-0.2, -0.15) is 0 Å². The molecule has 27 heavy (non-hydrogen) atoms. The Hall–Kier alpha value is -2.43. The Morgan fingerprint density at radius 2 is 1.85 bits per heavy atom. The molecular weight excluding hydrogens is 360 g/mol. The minimum atomic E-state index is -1.40. The molecule has 1 atom stereocenters. The van der Waals surface area contributed by atoms with Crippen molar-refractivity contribution in [2.24, 2.45) is 4.99 Å². The van der Waals surface area contributed by atoms with Crippen molar-refractivity contribution in [2.45, 2.75) is 12.5 Å². The van der Waals surface area contributed by atoms with Crippen LogP contribution in [0.15, 0.2) is 17.1 Å². The number of pyridine rings is 1. The standard InChI is InChI=1S/C17H24N2O8/c1-17(16(21)22)11-27-15(19-17)14-12(20)3-4-13(18-14)26-10-9-25-8-7-24-6-5-23-2/h3-4,20H,5-11H2,1-2H3,(H,21,22). The zero-order valence-corrected chi connectivity index (χ0v) is 15.3. The van der Waals surface area contributed by atoms with Crippen molar-refractivity contribution >= 4 is 11.9 Å². The highest BCUT2D eigenvalue weighted by Gasteiger charge is 2.40. The van der Waals surface area contributed by atoms with Crippen molar-refractivity contribution in [1.29, 1.82) is 0 Å². The van der Waals surface area contributed by atoms with E-state index in [4.69, 9.17) is 23.7 Å². The smallest absolute Gasteiger partial charge is 0.335 e. The number of hydrogen-bond acceptors (Lipinski definition) is 9. The molecule has 0 aromatic carbocycles. The molecule has 0 spiro atoms. The van der Waals surface area contributed by atoms with Crippen LogP contribution in [0.4, 0.5) is 0 Å². The molecule has 1 aromatic rings. The molecule has 0 saturated carbocycles. The van der Waals surface area contributed by atoms with Gasteiger partial charge in [-0.25, -0.2) is 14.8 Å². The number of aliphatic imine (C=N–C) groups is 1. The zero-order chi connectivity index (χ0) is 19.7. The molecule has 2 heterocycles. The summed E-state index contributed by atoms with van der Waals surface area (Å²) in [5.41, 5.74) is -1.37. The van der Waals surface area contributed by atoms with Crippen molar-refractivity contribution in [2.75, 3.05) is 53.4 Å². The van der Waals surface area contributed by atoms with Crippen LogP contribution in [0, 0.1) is 0 Å². The molecule has 10 heteroatoms. The Kier molecular flexibility index (Phi) is 7.77. The summed E-state index contributed by atoms with van der Waals surface area (Å²) in [6, 6.07) is 2.86. The van der Waals surface area contributed by atoms with Crippen molar-refractivity contribution in [1.82, 2.24) is 4.98 Å². The minimum Gasteiger partial charge on any atom is -0.505 e. The number of carboxylic acids is 1. The minimum absolute atomic E-state index is 0.0323. The highest BCUT2D eigenvalue weighted by Crippen LogP contribution is 2.26. The van der Waals surface area contributed by atoms with Crippen LogP contribution in [-0.4, -0.2) is 86.0 Å². The first-order valence-electron chi connectivity index (χ1n) is 8.40. The average molecular weight is 384 g/mol. The third-order valence-electron chi connectivity index (χ3n) is 3.63. The quantitative estimate of drug-likeness (QED) is 0.494. The fourth-order valence-corrected chi connectivity index (χ4v) is 2.07. The van der Waals surface area contributed by atoms with Crippen LogP contribution < -0.4 is 4.74 Å². The van der Waals surface area contributed by atoms with Gasteiger partial charge in [0.2, 0.25) is 11.8 Å². The number of aromatic nitrogens is 1. The molecule has 2 N–H and O–H groups in total. The predicted octanol–water partition coefficient (Wildman–Crippen LogP) is 0.466. The highest BCUT2D eigenvalue weighted by atomic mass is 16.6. The molecule has 1 aliphatic heterocycles. The van der Waals surface area contributed by atoms with E-state index in [0.717, 1.165) is 0 Å². The summed E-state index contributed by atoms with van der Waals surface area (Å²) in [6.07, 6.45) is 0. The van der Waals surface area contributed by atoms with Crippen molar-refractivity contribution in [3.05, 3.63) is 17.8 Å². The second kappa shape index (κ2) is 10.0. The van der Waals surface area contributed by atoms with E-state index in [1.54, 1.807) is 7.11 Å². The van der Waals surface area contributed by atoms with Crippen molar-refractivity contribution in [3.63, 3.8) is 0 Å². The van der Waals surface area contributed by atoms with Gasteiger partial charge in [0.15, 0.2) is 11.2 Å². The first-order chi connectivity index (χ1) is 13.0. The summed E-state index contributed by atoms with van der Waals surface area (Å²) in [7, 11) is 1.61. The normalized spacial score (nSPS) is 18.8. The summed E-state index contributed by atoms with van der Waals surface area (Å²) in [6.45, 7) is 3.82. The maximum Gasteiger partial charge on any atom is 0.335 e. The maximum absolute atomic E-state index is 11.2. The van der Waals surface area contributed by atoms with E-state index in [9.17, 15) is 15.0 Å². The molecule has 150 valence electrons. The monoisotopic (exact) mass is 384 g/mol. The molecule has 0 bridgehead atoms. The Morgan fingerprint density at radius 3 is 2.48 bits per heavy atom. The summed E-state index contributed by atoms with van der Waals surface area (Å²) >= 11 is 0. The molecule has 0 fully saturated rings. The summed E-state index contributed by atoms with van der Waals surface area (Å²) in [5, 5.41) is 19.1. The molecule has 1 unspecified atom stereocenters. The highest BCUT2D eigenvalue weighted by molar-refractivity contribution is 5.99. The molecule has 0 amide bonds. The van der Waals surface area contributed by atoms with Gasteiger partial charge in [0.25, 0.3) is 0 Å². The van der Waals surface area contributed by atoms with Gasteiger partial charge in [0, 0.05) is 13.2 Å². The lowest BCUT2D eigenvalue weighted by atomic mass is 10.1.